The predicted molar refractivity (Wildman–Crippen MR) is 97.7 cm³/mol. The minimum atomic E-state index is -0.160. The normalized spacial score (nSPS) is 10.7. The summed E-state index contributed by atoms with van der Waals surface area (Å²) < 4.78 is 0. The molecule has 5 nitrogen and oxygen atoms in total. The number of carbonyl (C=O) groups is 1. The van der Waals surface area contributed by atoms with Crippen molar-refractivity contribution in [3.63, 3.8) is 0 Å². The Hall–Kier alpha value is -2.43. The van der Waals surface area contributed by atoms with Crippen molar-refractivity contribution in [1.29, 1.82) is 0 Å². The Labute approximate surface area is 143 Å². The maximum absolute atomic E-state index is 12.1. The molecule has 0 bridgehead atoms. The number of benzene rings is 1. The lowest BCUT2D eigenvalue weighted by Gasteiger charge is -2.09. The summed E-state index contributed by atoms with van der Waals surface area (Å²) in [5.74, 6) is 0.759. The van der Waals surface area contributed by atoms with Crippen LogP contribution in [0.5, 0.6) is 0 Å². The Balaban J connectivity index is 1.98. The van der Waals surface area contributed by atoms with Crippen LogP contribution in [0, 0.1) is 0 Å². The highest BCUT2D eigenvalue weighted by Crippen LogP contribution is 2.19. The summed E-state index contributed by atoms with van der Waals surface area (Å²) in [6, 6.07) is 9.78. The van der Waals surface area contributed by atoms with Gasteiger partial charge in [0, 0.05) is 18.4 Å². The third-order valence-corrected chi connectivity index (χ3v) is 3.79. The fourth-order valence-electron chi connectivity index (χ4n) is 2.29. The molecule has 0 saturated carbocycles. The number of anilines is 2. The van der Waals surface area contributed by atoms with Gasteiger partial charge in [0.05, 0.1) is 0 Å². The molecule has 0 radical (unpaired) electrons. The highest BCUT2D eigenvalue weighted by Gasteiger charge is 2.08. The Morgan fingerprint density at radius 2 is 1.88 bits per heavy atom. The monoisotopic (exact) mass is 326 g/mol. The first-order chi connectivity index (χ1) is 11.6. The van der Waals surface area contributed by atoms with Gasteiger partial charge in [-0.3, -0.25) is 4.79 Å². The van der Waals surface area contributed by atoms with Crippen molar-refractivity contribution in [2.24, 2.45) is 0 Å². The minimum Gasteiger partial charge on any atom is -0.351 e. The summed E-state index contributed by atoms with van der Waals surface area (Å²) >= 11 is 0. The second-order valence-corrected chi connectivity index (χ2v) is 6.13. The third-order valence-electron chi connectivity index (χ3n) is 3.79. The Bertz CT molecular complexity index is 653. The van der Waals surface area contributed by atoms with E-state index in [9.17, 15) is 4.79 Å². The standard InChI is InChI=1S/C19H26N4O/c1-4-5-6-12-20-18(24)17-11-13-21-19(23-17)22-16-9-7-15(8-10-16)14(2)3/h7-11,13-14H,4-6,12H2,1-3H3,(H,20,24)(H,21,22,23). The van der Waals surface area contributed by atoms with Crippen LogP contribution in [0.3, 0.4) is 0 Å². The van der Waals surface area contributed by atoms with Crippen LogP contribution >= 0.6 is 0 Å². The van der Waals surface area contributed by atoms with E-state index in [2.05, 4.69) is 53.5 Å². The molecule has 0 unspecified atom stereocenters. The van der Waals surface area contributed by atoms with Gasteiger partial charge in [0.25, 0.3) is 5.91 Å². The lowest BCUT2D eigenvalue weighted by atomic mass is 10.0. The molecular weight excluding hydrogens is 300 g/mol. The van der Waals surface area contributed by atoms with Crippen molar-refractivity contribution < 1.29 is 4.79 Å². The molecule has 128 valence electrons. The molecule has 0 atom stereocenters. The number of unbranched alkanes of at least 4 members (excludes halogenated alkanes) is 2. The molecule has 5 heteroatoms. The summed E-state index contributed by atoms with van der Waals surface area (Å²) in [7, 11) is 0. The van der Waals surface area contributed by atoms with E-state index in [1.165, 1.54) is 5.56 Å². The molecule has 0 saturated heterocycles. The van der Waals surface area contributed by atoms with Gasteiger partial charge in [-0.25, -0.2) is 9.97 Å². The molecule has 1 amide bonds. The zero-order chi connectivity index (χ0) is 17.4. The van der Waals surface area contributed by atoms with Gasteiger partial charge in [-0.1, -0.05) is 45.7 Å². The molecule has 1 aromatic heterocycles. The minimum absolute atomic E-state index is 0.160. The van der Waals surface area contributed by atoms with Gasteiger partial charge in [-0.15, -0.1) is 0 Å². The molecule has 0 spiro atoms. The average Bonchev–Trinajstić information content (AvgIpc) is 2.59. The molecule has 0 aliphatic carbocycles. The first-order valence-electron chi connectivity index (χ1n) is 8.58. The number of nitrogens with one attached hydrogen (secondary N) is 2. The molecule has 1 aromatic carbocycles. The molecular formula is C19H26N4O. The largest absolute Gasteiger partial charge is 0.351 e. The highest BCUT2D eigenvalue weighted by molar-refractivity contribution is 5.92. The van der Waals surface area contributed by atoms with E-state index in [0.717, 1.165) is 24.9 Å². The van der Waals surface area contributed by atoms with Gasteiger partial charge in [0.2, 0.25) is 5.95 Å². The first-order valence-corrected chi connectivity index (χ1v) is 8.58. The van der Waals surface area contributed by atoms with Crippen LogP contribution < -0.4 is 10.6 Å². The molecule has 0 aliphatic rings. The quantitative estimate of drug-likeness (QED) is 0.711. The van der Waals surface area contributed by atoms with E-state index < -0.39 is 0 Å². The number of amides is 1. The zero-order valence-electron chi connectivity index (χ0n) is 14.7. The van der Waals surface area contributed by atoms with E-state index in [1.807, 2.05) is 12.1 Å². The summed E-state index contributed by atoms with van der Waals surface area (Å²) in [4.78, 5) is 20.6. The molecule has 1 heterocycles. The van der Waals surface area contributed by atoms with Crippen LogP contribution in [0.1, 0.15) is 62.0 Å². The smallest absolute Gasteiger partial charge is 0.270 e. The van der Waals surface area contributed by atoms with Crippen molar-refractivity contribution in [3.05, 3.63) is 47.8 Å². The Morgan fingerprint density at radius 1 is 1.12 bits per heavy atom. The van der Waals surface area contributed by atoms with Gasteiger partial charge in [-0.2, -0.15) is 0 Å². The van der Waals surface area contributed by atoms with Crippen molar-refractivity contribution in [2.45, 2.75) is 46.0 Å². The molecule has 2 rings (SSSR count). The zero-order valence-corrected chi connectivity index (χ0v) is 14.7. The average molecular weight is 326 g/mol. The van der Waals surface area contributed by atoms with Gasteiger partial charge < -0.3 is 10.6 Å². The lowest BCUT2D eigenvalue weighted by Crippen LogP contribution is -2.25. The number of aromatic nitrogens is 2. The van der Waals surface area contributed by atoms with E-state index >= 15 is 0 Å². The molecule has 0 fully saturated rings. The van der Waals surface area contributed by atoms with Gasteiger partial charge in [-0.05, 0) is 36.1 Å². The molecule has 24 heavy (non-hydrogen) atoms. The second-order valence-electron chi connectivity index (χ2n) is 6.13. The van der Waals surface area contributed by atoms with Crippen LogP contribution in [-0.4, -0.2) is 22.4 Å². The topological polar surface area (TPSA) is 66.9 Å². The lowest BCUT2D eigenvalue weighted by molar-refractivity contribution is 0.0948. The molecule has 2 N–H and O–H groups in total. The van der Waals surface area contributed by atoms with E-state index in [0.29, 0.717) is 24.1 Å². The number of rotatable bonds is 8. The fraction of sp³-hybridized carbons (Fsp3) is 0.421. The molecule has 2 aromatic rings. The van der Waals surface area contributed by atoms with Crippen LogP contribution in [0.15, 0.2) is 36.5 Å². The number of hydrogen-bond donors (Lipinski definition) is 2. The van der Waals surface area contributed by atoms with E-state index in [1.54, 1.807) is 12.3 Å². The van der Waals surface area contributed by atoms with Crippen LogP contribution in [0.2, 0.25) is 0 Å². The maximum atomic E-state index is 12.1. The predicted octanol–water partition coefficient (Wildman–Crippen LogP) is 4.26. The van der Waals surface area contributed by atoms with Crippen molar-refractivity contribution in [3.8, 4) is 0 Å². The number of carbonyl (C=O) groups excluding carboxylic acids is 1. The van der Waals surface area contributed by atoms with Crippen LogP contribution in [0.25, 0.3) is 0 Å². The summed E-state index contributed by atoms with van der Waals surface area (Å²) in [6.07, 6.45) is 4.83. The van der Waals surface area contributed by atoms with Crippen molar-refractivity contribution in [2.75, 3.05) is 11.9 Å². The van der Waals surface area contributed by atoms with Crippen molar-refractivity contribution in [1.82, 2.24) is 15.3 Å². The summed E-state index contributed by atoms with van der Waals surface area (Å²) in [5, 5.41) is 6.03. The van der Waals surface area contributed by atoms with E-state index in [-0.39, 0.29) is 5.91 Å². The van der Waals surface area contributed by atoms with Crippen LogP contribution in [0.4, 0.5) is 11.6 Å². The maximum Gasteiger partial charge on any atom is 0.270 e. The fourth-order valence-corrected chi connectivity index (χ4v) is 2.29. The highest BCUT2D eigenvalue weighted by atomic mass is 16.1. The van der Waals surface area contributed by atoms with Gasteiger partial charge in [0.15, 0.2) is 0 Å². The van der Waals surface area contributed by atoms with E-state index in [4.69, 9.17) is 0 Å². The summed E-state index contributed by atoms with van der Waals surface area (Å²) in [5.41, 5.74) is 2.56. The van der Waals surface area contributed by atoms with Crippen molar-refractivity contribution >= 4 is 17.5 Å². The first kappa shape index (κ1) is 17.9. The Kier molecular flexibility index (Phi) is 6.73. The second kappa shape index (κ2) is 9.01. The summed E-state index contributed by atoms with van der Waals surface area (Å²) in [6.45, 7) is 7.14. The SMILES string of the molecule is CCCCCNC(=O)c1ccnc(Nc2ccc(C(C)C)cc2)n1. The number of nitrogens with zero attached hydrogens (tertiary/aromatic N) is 2. The Morgan fingerprint density at radius 3 is 2.54 bits per heavy atom. The van der Waals surface area contributed by atoms with Crippen LogP contribution in [-0.2, 0) is 0 Å². The van der Waals surface area contributed by atoms with Gasteiger partial charge in [0.1, 0.15) is 5.69 Å². The van der Waals surface area contributed by atoms with Gasteiger partial charge >= 0.3 is 0 Å². The third kappa shape index (κ3) is 5.33. The molecule has 0 aliphatic heterocycles. The number of hydrogen-bond acceptors (Lipinski definition) is 4.